The highest BCUT2D eigenvalue weighted by Crippen LogP contribution is 2.18. The van der Waals surface area contributed by atoms with E-state index in [1.165, 1.54) is 6.92 Å². The molecule has 0 radical (unpaired) electrons. The highest BCUT2D eigenvalue weighted by atomic mass is 16.2. The van der Waals surface area contributed by atoms with Crippen molar-refractivity contribution < 1.29 is 9.59 Å². The number of hydrogen-bond donors (Lipinski definition) is 2. The van der Waals surface area contributed by atoms with Crippen LogP contribution in [-0.4, -0.2) is 21.7 Å². The molecule has 0 bridgehead atoms. The van der Waals surface area contributed by atoms with Gasteiger partial charge in [-0.25, -0.2) is 9.97 Å². The van der Waals surface area contributed by atoms with Crippen LogP contribution in [0.5, 0.6) is 0 Å². The molecule has 3 rings (SSSR count). The van der Waals surface area contributed by atoms with Crippen LogP contribution < -0.4 is 10.6 Å². The Morgan fingerprint density at radius 2 is 1.70 bits per heavy atom. The van der Waals surface area contributed by atoms with Crippen LogP contribution in [0.15, 0.2) is 54.6 Å². The summed E-state index contributed by atoms with van der Waals surface area (Å²) in [5.41, 5.74) is 3.92. The third kappa shape index (κ3) is 4.55. The monoisotopic (exact) mass is 360 g/mol. The minimum absolute atomic E-state index is 0.0614. The second-order valence-corrected chi connectivity index (χ2v) is 6.25. The fourth-order valence-corrected chi connectivity index (χ4v) is 2.59. The number of hydrogen-bond acceptors (Lipinski definition) is 5. The minimum Gasteiger partial charge on any atom is -0.324 e. The summed E-state index contributed by atoms with van der Waals surface area (Å²) in [6.07, 6.45) is 0. The van der Waals surface area contributed by atoms with Crippen LogP contribution in [0.3, 0.4) is 0 Å². The zero-order chi connectivity index (χ0) is 19.4. The van der Waals surface area contributed by atoms with E-state index in [2.05, 4.69) is 20.6 Å². The summed E-state index contributed by atoms with van der Waals surface area (Å²) in [6, 6.07) is 16.2. The molecular weight excluding hydrogens is 340 g/mol. The Bertz CT molecular complexity index is 1010. The van der Waals surface area contributed by atoms with Crippen molar-refractivity contribution in [3.05, 3.63) is 77.1 Å². The number of benzene rings is 2. The van der Waals surface area contributed by atoms with E-state index < -0.39 is 0 Å². The topological polar surface area (TPSA) is 84.0 Å². The molecule has 0 atom stereocenters. The Balaban J connectivity index is 1.83. The Morgan fingerprint density at radius 1 is 0.926 bits per heavy atom. The quantitative estimate of drug-likeness (QED) is 0.663. The van der Waals surface area contributed by atoms with E-state index in [0.29, 0.717) is 22.9 Å². The summed E-state index contributed by atoms with van der Waals surface area (Å²) < 4.78 is 0. The van der Waals surface area contributed by atoms with Crippen molar-refractivity contribution >= 4 is 29.0 Å². The number of amides is 1. The van der Waals surface area contributed by atoms with Crippen molar-refractivity contribution in [1.82, 2.24) is 9.97 Å². The lowest BCUT2D eigenvalue weighted by atomic mass is 10.1. The van der Waals surface area contributed by atoms with E-state index in [0.717, 1.165) is 11.3 Å². The number of aryl methyl sites for hydroxylation is 2. The van der Waals surface area contributed by atoms with E-state index in [-0.39, 0.29) is 17.4 Å². The lowest BCUT2D eigenvalue weighted by molar-refractivity contribution is 0.100. The molecule has 6 heteroatoms. The van der Waals surface area contributed by atoms with Gasteiger partial charge in [0.2, 0.25) is 5.95 Å². The first-order valence-corrected chi connectivity index (χ1v) is 8.53. The van der Waals surface area contributed by atoms with E-state index >= 15 is 0 Å². The van der Waals surface area contributed by atoms with Crippen LogP contribution in [0.2, 0.25) is 0 Å². The SMILES string of the molecule is CC(=O)c1cccc(NC(=O)c2cc(C)nc(Nc3ccccc3C)n2)c1. The molecule has 27 heavy (non-hydrogen) atoms. The molecule has 6 nitrogen and oxygen atoms in total. The summed E-state index contributed by atoms with van der Waals surface area (Å²) in [5.74, 6) is -0.0744. The third-order valence-corrected chi connectivity index (χ3v) is 4.01. The second-order valence-electron chi connectivity index (χ2n) is 6.25. The van der Waals surface area contributed by atoms with E-state index in [4.69, 9.17) is 0 Å². The molecular formula is C21H20N4O2. The van der Waals surface area contributed by atoms with Crippen LogP contribution in [0.25, 0.3) is 0 Å². The van der Waals surface area contributed by atoms with Crippen molar-refractivity contribution in [2.75, 3.05) is 10.6 Å². The van der Waals surface area contributed by atoms with Crippen molar-refractivity contribution in [2.24, 2.45) is 0 Å². The molecule has 0 saturated carbocycles. The van der Waals surface area contributed by atoms with Gasteiger partial charge in [0, 0.05) is 22.6 Å². The van der Waals surface area contributed by atoms with Crippen molar-refractivity contribution in [3.8, 4) is 0 Å². The number of rotatable bonds is 5. The predicted octanol–water partition coefficient (Wildman–Crippen LogP) is 4.29. The Kier molecular flexibility index (Phi) is 5.26. The predicted molar refractivity (Wildman–Crippen MR) is 106 cm³/mol. The van der Waals surface area contributed by atoms with Crippen molar-refractivity contribution in [3.63, 3.8) is 0 Å². The summed E-state index contributed by atoms with van der Waals surface area (Å²) in [6.45, 7) is 5.27. The minimum atomic E-state index is -0.367. The number of anilines is 3. The lowest BCUT2D eigenvalue weighted by Gasteiger charge is -2.11. The van der Waals surface area contributed by atoms with Crippen LogP contribution in [0.1, 0.15) is 39.0 Å². The molecule has 2 aromatic carbocycles. The molecule has 0 aliphatic heterocycles. The summed E-state index contributed by atoms with van der Waals surface area (Å²) in [4.78, 5) is 32.8. The Hall–Kier alpha value is -3.54. The first-order valence-electron chi connectivity index (χ1n) is 8.53. The van der Waals surface area contributed by atoms with Gasteiger partial charge >= 0.3 is 0 Å². The first kappa shape index (κ1) is 18.3. The normalized spacial score (nSPS) is 10.3. The maximum atomic E-state index is 12.6. The molecule has 1 heterocycles. The van der Waals surface area contributed by atoms with Crippen LogP contribution in [-0.2, 0) is 0 Å². The lowest BCUT2D eigenvalue weighted by Crippen LogP contribution is -2.16. The number of Topliss-reactive ketones (excluding diaryl/α,β-unsaturated/α-hetero) is 1. The average Bonchev–Trinajstić information content (AvgIpc) is 2.63. The van der Waals surface area contributed by atoms with Gasteiger partial charge in [0.1, 0.15) is 5.69 Å². The van der Waals surface area contributed by atoms with Crippen LogP contribution >= 0.6 is 0 Å². The molecule has 0 aliphatic carbocycles. The molecule has 0 saturated heterocycles. The summed E-state index contributed by atoms with van der Waals surface area (Å²) in [5, 5.41) is 5.92. The van der Waals surface area contributed by atoms with Gasteiger partial charge in [-0.15, -0.1) is 0 Å². The fraction of sp³-hybridized carbons (Fsp3) is 0.143. The van der Waals surface area contributed by atoms with E-state index in [1.54, 1.807) is 37.3 Å². The zero-order valence-corrected chi connectivity index (χ0v) is 15.4. The maximum Gasteiger partial charge on any atom is 0.274 e. The van der Waals surface area contributed by atoms with E-state index in [1.807, 2.05) is 31.2 Å². The standard InChI is InChI=1S/C21H20N4O2/c1-13-7-4-5-10-18(13)24-21-22-14(2)11-19(25-21)20(27)23-17-9-6-8-16(12-17)15(3)26/h4-12H,1-3H3,(H,23,27)(H,22,24,25). The van der Waals surface area contributed by atoms with Gasteiger partial charge in [-0.2, -0.15) is 0 Å². The smallest absolute Gasteiger partial charge is 0.274 e. The van der Waals surface area contributed by atoms with Gasteiger partial charge in [0.25, 0.3) is 5.91 Å². The largest absolute Gasteiger partial charge is 0.324 e. The highest BCUT2D eigenvalue weighted by Gasteiger charge is 2.12. The first-order chi connectivity index (χ1) is 12.9. The maximum absolute atomic E-state index is 12.6. The van der Waals surface area contributed by atoms with Gasteiger partial charge in [0.15, 0.2) is 5.78 Å². The number of aromatic nitrogens is 2. The molecule has 0 unspecified atom stereocenters. The number of nitrogens with zero attached hydrogens (tertiary/aromatic N) is 2. The molecule has 0 fully saturated rings. The molecule has 1 aromatic heterocycles. The molecule has 136 valence electrons. The number of nitrogens with one attached hydrogen (secondary N) is 2. The van der Waals surface area contributed by atoms with Crippen LogP contribution in [0.4, 0.5) is 17.3 Å². The number of ketones is 1. The van der Waals surface area contributed by atoms with Gasteiger partial charge in [-0.1, -0.05) is 30.3 Å². The molecule has 0 spiro atoms. The summed E-state index contributed by atoms with van der Waals surface area (Å²) in [7, 11) is 0. The van der Waals surface area contributed by atoms with Gasteiger partial charge in [-0.3, -0.25) is 9.59 Å². The van der Waals surface area contributed by atoms with E-state index in [9.17, 15) is 9.59 Å². The van der Waals surface area contributed by atoms with Gasteiger partial charge in [-0.05, 0) is 50.6 Å². The van der Waals surface area contributed by atoms with Crippen LogP contribution in [0, 0.1) is 13.8 Å². The van der Waals surface area contributed by atoms with Gasteiger partial charge in [0.05, 0.1) is 0 Å². The third-order valence-electron chi connectivity index (χ3n) is 4.01. The Labute approximate surface area is 157 Å². The number of carbonyl (C=O) groups excluding carboxylic acids is 2. The second kappa shape index (κ2) is 7.78. The molecule has 3 aromatic rings. The van der Waals surface area contributed by atoms with Gasteiger partial charge < -0.3 is 10.6 Å². The highest BCUT2D eigenvalue weighted by molar-refractivity contribution is 6.04. The summed E-state index contributed by atoms with van der Waals surface area (Å²) >= 11 is 0. The van der Waals surface area contributed by atoms with Crippen molar-refractivity contribution in [1.29, 1.82) is 0 Å². The zero-order valence-electron chi connectivity index (χ0n) is 15.4. The average molecular weight is 360 g/mol. The molecule has 1 amide bonds. The number of carbonyl (C=O) groups is 2. The molecule has 0 aliphatic rings. The Morgan fingerprint density at radius 3 is 2.44 bits per heavy atom. The molecule has 2 N–H and O–H groups in total. The fourth-order valence-electron chi connectivity index (χ4n) is 2.59. The van der Waals surface area contributed by atoms with Crippen molar-refractivity contribution in [2.45, 2.75) is 20.8 Å². The number of para-hydroxylation sites is 1.